The zero-order valence-electron chi connectivity index (χ0n) is 19.1. The second kappa shape index (κ2) is 8.16. The first kappa shape index (κ1) is 25.5. The second-order valence-corrected chi connectivity index (χ2v) is 14.5. The van der Waals surface area contributed by atoms with Crippen molar-refractivity contribution in [3.63, 3.8) is 0 Å². The van der Waals surface area contributed by atoms with Gasteiger partial charge in [0.15, 0.2) is 21.4 Å². The maximum atomic E-state index is 15.4. The van der Waals surface area contributed by atoms with Gasteiger partial charge in [-0.05, 0) is 67.4 Å². The van der Waals surface area contributed by atoms with E-state index in [1.165, 1.54) is 0 Å². The molecule has 5 rings (SSSR count). The summed E-state index contributed by atoms with van der Waals surface area (Å²) < 4.78 is 118. The molecular formula is C24H24F5NO4S2. The highest BCUT2D eigenvalue weighted by Gasteiger charge is 2.63. The topological polar surface area (TPSA) is 72.5 Å². The van der Waals surface area contributed by atoms with Gasteiger partial charge < -0.3 is 4.74 Å². The third-order valence-electron chi connectivity index (χ3n) is 7.92. The Balaban J connectivity index is 1.73. The summed E-state index contributed by atoms with van der Waals surface area (Å²) >= 11 is 0. The van der Waals surface area contributed by atoms with Gasteiger partial charge in [0.25, 0.3) is 0 Å². The quantitative estimate of drug-likeness (QED) is 0.444. The molecule has 196 valence electrons. The van der Waals surface area contributed by atoms with Gasteiger partial charge in [-0.2, -0.15) is 13.2 Å². The predicted molar refractivity (Wildman–Crippen MR) is 125 cm³/mol. The van der Waals surface area contributed by atoms with Gasteiger partial charge in [0.2, 0.25) is 0 Å². The summed E-state index contributed by atoms with van der Waals surface area (Å²) in [6.07, 6.45) is -4.37. The Morgan fingerprint density at radius 2 is 1.75 bits per heavy atom. The average molecular weight is 550 g/mol. The number of halogens is 5. The third-order valence-corrected chi connectivity index (χ3v) is 12.7. The summed E-state index contributed by atoms with van der Waals surface area (Å²) in [5.74, 6) is 0.0603. The maximum Gasteiger partial charge on any atom is 0.416 e. The molecule has 0 aromatic heterocycles. The Labute approximate surface area is 206 Å². The zero-order chi connectivity index (χ0) is 26.3. The molecule has 1 saturated heterocycles. The van der Waals surface area contributed by atoms with E-state index in [2.05, 4.69) is 10.6 Å². The van der Waals surface area contributed by atoms with E-state index in [-0.39, 0.29) is 19.4 Å². The van der Waals surface area contributed by atoms with Crippen molar-refractivity contribution >= 4 is 25.4 Å². The van der Waals surface area contributed by atoms with E-state index in [1.807, 2.05) is 0 Å². The van der Waals surface area contributed by atoms with Crippen molar-refractivity contribution in [2.45, 2.75) is 53.3 Å². The summed E-state index contributed by atoms with van der Waals surface area (Å²) in [5, 5.41) is -0.429. The summed E-state index contributed by atoms with van der Waals surface area (Å²) in [4.78, 5) is -0.423. The molecule has 2 aromatic rings. The lowest BCUT2D eigenvalue weighted by molar-refractivity contribution is -0.137. The van der Waals surface area contributed by atoms with Gasteiger partial charge in [-0.3, -0.25) is 4.21 Å². The number of fused-ring (bicyclic) bond motifs is 5. The zero-order valence-corrected chi connectivity index (χ0v) is 20.8. The average Bonchev–Trinajstić information content (AvgIpc) is 2.81. The standard InChI is InChI=1S/C24H24F5NO4S2/c1-13-11-16-17-12-34-22-19(26)8-7-18(25)21(22)23(17,10-9-20(16)30-35(13,2)31)36(32,33)15-5-3-14(4-6-15)24(27,28)29/h3-8,13,16-17,20H,2,9-12H2,1H3,(H,30,31)/t13-,16?,17+,20-,23+,35?/m1/s1. The molecule has 3 aliphatic rings. The third kappa shape index (κ3) is 3.59. The first-order chi connectivity index (χ1) is 16.7. The molecule has 2 heterocycles. The minimum Gasteiger partial charge on any atom is -0.490 e. The van der Waals surface area contributed by atoms with Crippen molar-refractivity contribution in [1.29, 1.82) is 0 Å². The molecule has 1 N–H and O–H groups in total. The van der Waals surface area contributed by atoms with E-state index in [4.69, 9.17) is 4.74 Å². The fourth-order valence-electron chi connectivity index (χ4n) is 6.09. The van der Waals surface area contributed by atoms with Crippen LogP contribution < -0.4 is 9.46 Å². The van der Waals surface area contributed by atoms with E-state index < -0.39 is 87.0 Å². The molecule has 0 radical (unpaired) electrons. The van der Waals surface area contributed by atoms with Crippen molar-refractivity contribution in [1.82, 2.24) is 4.72 Å². The van der Waals surface area contributed by atoms with Crippen LogP contribution in [0.2, 0.25) is 0 Å². The Kier molecular flexibility index (Phi) is 5.77. The number of benzene rings is 2. The summed E-state index contributed by atoms with van der Waals surface area (Å²) in [6, 6.07) is 4.32. The highest BCUT2D eigenvalue weighted by molar-refractivity contribution is 7.99. The van der Waals surface area contributed by atoms with Crippen molar-refractivity contribution in [2.75, 3.05) is 6.61 Å². The summed E-state index contributed by atoms with van der Waals surface area (Å²) in [7, 11) is -7.22. The second-order valence-electron chi connectivity index (χ2n) is 9.77. The lowest BCUT2D eigenvalue weighted by Crippen LogP contribution is -2.63. The van der Waals surface area contributed by atoms with E-state index in [1.54, 1.807) is 6.92 Å². The van der Waals surface area contributed by atoms with Crippen LogP contribution in [0, 0.1) is 23.5 Å². The molecule has 2 unspecified atom stereocenters. The number of hydrogen-bond acceptors (Lipinski definition) is 4. The van der Waals surface area contributed by atoms with E-state index >= 15 is 4.39 Å². The Morgan fingerprint density at radius 1 is 1.11 bits per heavy atom. The van der Waals surface area contributed by atoms with Gasteiger partial charge in [-0.25, -0.2) is 21.9 Å². The molecule has 0 bridgehead atoms. The molecule has 2 aromatic carbocycles. The van der Waals surface area contributed by atoms with Gasteiger partial charge >= 0.3 is 6.18 Å². The minimum atomic E-state index is -4.67. The first-order valence-corrected chi connectivity index (χ1v) is 14.6. The molecule has 5 nitrogen and oxygen atoms in total. The molecule has 2 aliphatic heterocycles. The van der Waals surface area contributed by atoms with Gasteiger partial charge in [0.1, 0.15) is 10.6 Å². The van der Waals surface area contributed by atoms with Gasteiger partial charge in [0, 0.05) is 26.9 Å². The van der Waals surface area contributed by atoms with Gasteiger partial charge in [0.05, 0.1) is 22.6 Å². The number of nitrogens with one attached hydrogen (secondary N) is 1. The molecule has 0 spiro atoms. The van der Waals surface area contributed by atoms with Crippen molar-refractivity contribution in [3.05, 3.63) is 59.2 Å². The molecule has 1 aliphatic carbocycles. The van der Waals surface area contributed by atoms with Crippen molar-refractivity contribution < 1.29 is 39.3 Å². The predicted octanol–water partition coefficient (Wildman–Crippen LogP) is 4.45. The maximum absolute atomic E-state index is 15.4. The Bertz CT molecular complexity index is 1420. The Morgan fingerprint density at radius 3 is 2.39 bits per heavy atom. The SMILES string of the molecule is C=S1(=O)N[C@@H]2CC[C@@]3(S(=O)(=O)c4ccc(C(F)(F)F)cc4)c4c(F)ccc(F)c4OC[C@H]3C2C[C@H]1C. The van der Waals surface area contributed by atoms with Crippen LogP contribution in [0.4, 0.5) is 22.0 Å². The lowest BCUT2D eigenvalue weighted by Gasteiger charge is -2.55. The normalized spacial score (nSPS) is 34.2. The molecule has 12 heteroatoms. The minimum absolute atomic E-state index is 0.162. The number of hydrogen-bond donors (Lipinski definition) is 1. The number of alkyl halides is 3. The molecule has 1 saturated carbocycles. The molecule has 0 amide bonds. The van der Waals surface area contributed by atoms with Gasteiger partial charge in [-0.15, -0.1) is 0 Å². The smallest absolute Gasteiger partial charge is 0.416 e. The van der Waals surface area contributed by atoms with Crippen molar-refractivity contribution in [3.8, 4) is 5.75 Å². The fraction of sp³-hybridized carbons (Fsp3) is 0.458. The van der Waals surface area contributed by atoms with Gasteiger partial charge in [-0.1, -0.05) is 6.92 Å². The largest absolute Gasteiger partial charge is 0.490 e. The van der Waals surface area contributed by atoms with E-state index in [0.29, 0.717) is 18.6 Å². The molecule has 2 fully saturated rings. The van der Waals surface area contributed by atoms with Crippen LogP contribution in [-0.2, 0) is 30.5 Å². The first-order valence-electron chi connectivity index (χ1n) is 11.4. The van der Waals surface area contributed by atoms with E-state index in [9.17, 15) is 30.2 Å². The van der Waals surface area contributed by atoms with E-state index in [0.717, 1.165) is 24.3 Å². The Hall–Kier alpha value is -2.18. The van der Waals surface area contributed by atoms with Crippen LogP contribution in [-0.4, -0.2) is 36.4 Å². The highest BCUT2D eigenvalue weighted by atomic mass is 32.2. The molecule has 36 heavy (non-hydrogen) atoms. The summed E-state index contributed by atoms with van der Waals surface area (Å²) in [6.45, 7) is 1.47. The summed E-state index contributed by atoms with van der Waals surface area (Å²) in [5.41, 5.74) is -1.47. The number of rotatable bonds is 2. The lowest BCUT2D eigenvalue weighted by atomic mass is 9.64. The van der Waals surface area contributed by atoms with Crippen LogP contribution in [0.3, 0.4) is 0 Å². The van der Waals surface area contributed by atoms with Crippen LogP contribution in [0.25, 0.3) is 0 Å². The van der Waals surface area contributed by atoms with Crippen LogP contribution >= 0.6 is 0 Å². The van der Waals surface area contributed by atoms with Crippen LogP contribution in [0.15, 0.2) is 41.3 Å². The molecule has 6 atom stereocenters. The fourth-order valence-corrected chi connectivity index (χ4v) is 10.1. The highest BCUT2D eigenvalue weighted by Crippen LogP contribution is 2.59. The monoisotopic (exact) mass is 549 g/mol. The van der Waals surface area contributed by atoms with Crippen LogP contribution in [0.5, 0.6) is 5.75 Å². The number of ether oxygens (including phenoxy) is 1. The molecular weight excluding hydrogens is 525 g/mol. The van der Waals surface area contributed by atoms with Crippen molar-refractivity contribution in [2.24, 2.45) is 11.8 Å². The number of sulfone groups is 1. The van der Waals surface area contributed by atoms with Crippen LogP contribution in [0.1, 0.15) is 37.3 Å².